The number of nitrogens with zero attached hydrogens (tertiary/aromatic N) is 3. The van der Waals surface area contributed by atoms with Gasteiger partial charge in [0.05, 0.1) is 11.3 Å². The van der Waals surface area contributed by atoms with Gasteiger partial charge in [-0.1, -0.05) is 13.0 Å². The number of aliphatic carboxylic acids is 1. The van der Waals surface area contributed by atoms with E-state index in [-0.39, 0.29) is 12.4 Å². The first-order chi connectivity index (χ1) is 16.4. The van der Waals surface area contributed by atoms with Gasteiger partial charge >= 0.3 is 12.1 Å². The minimum absolute atomic E-state index is 0.0158. The number of nitrogens with one attached hydrogen (secondary N) is 1. The number of carbonyl (C=O) groups is 1. The Balaban J connectivity index is 1.59. The summed E-state index contributed by atoms with van der Waals surface area (Å²) in [6, 6.07) is 6.24. The van der Waals surface area contributed by atoms with Crippen LogP contribution in [0.2, 0.25) is 0 Å². The zero-order valence-electron chi connectivity index (χ0n) is 19.2. The van der Waals surface area contributed by atoms with Crippen molar-refractivity contribution in [2.24, 2.45) is 5.41 Å². The monoisotopic (exact) mass is 506 g/mol. The first-order valence-corrected chi connectivity index (χ1v) is 11.9. The fourth-order valence-electron chi connectivity index (χ4n) is 4.72. The van der Waals surface area contributed by atoms with Gasteiger partial charge < -0.3 is 15.5 Å². The minimum atomic E-state index is -4.57. The molecule has 0 spiro atoms. The number of halogens is 3. The Morgan fingerprint density at radius 1 is 1.23 bits per heavy atom. The van der Waals surface area contributed by atoms with Crippen LogP contribution in [-0.4, -0.2) is 31.1 Å². The lowest BCUT2D eigenvalue weighted by Gasteiger charge is -2.41. The van der Waals surface area contributed by atoms with Crippen LogP contribution in [0.1, 0.15) is 55.3 Å². The molecule has 0 amide bonds. The van der Waals surface area contributed by atoms with Gasteiger partial charge in [-0.3, -0.25) is 4.79 Å². The van der Waals surface area contributed by atoms with Gasteiger partial charge in [0.15, 0.2) is 0 Å². The van der Waals surface area contributed by atoms with Crippen molar-refractivity contribution in [1.82, 2.24) is 15.0 Å². The number of alkyl halides is 3. The maximum absolute atomic E-state index is 13.0. The summed E-state index contributed by atoms with van der Waals surface area (Å²) < 4.78 is 38.9. The van der Waals surface area contributed by atoms with E-state index < -0.39 is 28.9 Å². The third kappa shape index (κ3) is 5.79. The number of aryl methyl sites for hydroxylation is 1. The van der Waals surface area contributed by atoms with Crippen molar-refractivity contribution in [2.75, 3.05) is 5.32 Å². The van der Waals surface area contributed by atoms with Gasteiger partial charge in [0.2, 0.25) is 5.95 Å². The molecule has 3 aromatic rings. The van der Waals surface area contributed by atoms with Gasteiger partial charge in [-0.05, 0) is 67.3 Å². The molecule has 2 atom stereocenters. The van der Waals surface area contributed by atoms with Gasteiger partial charge in [-0.15, -0.1) is 11.3 Å². The topological polar surface area (TPSA) is 108 Å². The number of carboxylic acids is 1. The highest BCUT2D eigenvalue weighted by atomic mass is 32.1. The Morgan fingerprint density at radius 2 is 2.00 bits per heavy atom. The first-order valence-electron chi connectivity index (χ1n) is 11.1. The van der Waals surface area contributed by atoms with Crippen molar-refractivity contribution in [3.8, 4) is 10.4 Å². The average Bonchev–Trinajstić information content (AvgIpc) is 3.23. The van der Waals surface area contributed by atoms with E-state index in [2.05, 4.69) is 20.3 Å². The van der Waals surface area contributed by atoms with E-state index in [0.29, 0.717) is 30.0 Å². The predicted octanol–water partition coefficient (Wildman–Crippen LogP) is 5.91. The van der Waals surface area contributed by atoms with Crippen molar-refractivity contribution < 1.29 is 28.2 Å². The van der Waals surface area contributed by atoms with Crippen LogP contribution in [0.15, 0.2) is 36.7 Å². The van der Waals surface area contributed by atoms with Crippen LogP contribution in [0.5, 0.6) is 0 Å². The lowest BCUT2D eigenvalue weighted by Crippen LogP contribution is -2.39. The molecule has 1 unspecified atom stereocenters. The highest BCUT2D eigenvalue weighted by molar-refractivity contribution is 7.15. The van der Waals surface area contributed by atoms with E-state index in [1.54, 1.807) is 18.3 Å². The van der Waals surface area contributed by atoms with Gasteiger partial charge in [-0.25, -0.2) is 15.0 Å². The molecule has 35 heavy (non-hydrogen) atoms. The summed E-state index contributed by atoms with van der Waals surface area (Å²) in [4.78, 5) is 24.0. The second kappa shape index (κ2) is 9.19. The molecule has 11 heteroatoms. The molecule has 0 radical (unpaired) electrons. The highest BCUT2D eigenvalue weighted by Gasteiger charge is 2.45. The van der Waals surface area contributed by atoms with Crippen LogP contribution in [-0.2, 0) is 16.6 Å². The first kappa shape index (κ1) is 25.1. The number of hydrogen-bond acceptors (Lipinski definition) is 7. The highest BCUT2D eigenvalue weighted by Crippen LogP contribution is 2.49. The normalized spacial score (nSPS) is 22.7. The second-order valence-corrected chi connectivity index (χ2v) is 10.5. The van der Waals surface area contributed by atoms with Crippen molar-refractivity contribution >= 4 is 28.9 Å². The van der Waals surface area contributed by atoms with Crippen molar-refractivity contribution in [3.63, 3.8) is 0 Å². The van der Waals surface area contributed by atoms with Crippen LogP contribution in [0.4, 0.5) is 24.8 Å². The summed E-state index contributed by atoms with van der Waals surface area (Å²) in [5, 5.41) is 24.0. The van der Waals surface area contributed by atoms with Crippen LogP contribution >= 0.6 is 11.3 Å². The molecule has 1 fully saturated rings. The number of rotatable bonds is 6. The molecule has 2 aromatic heterocycles. The quantitative estimate of drug-likeness (QED) is 0.381. The molecule has 1 saturated carbocycles. The molecule has 1 aromatic carbocycles. The summed E-state index contributed by atoms with van der Waals surface area (Å²) >= 11 is 1.32. The molecule has 3 N–H and O–H groups in total. The summed E-state index contributed by atoms with van der Waals surface area (Å²) in [5.74, 6) is -1.06. The van der Waals surface area contributed by atoms with Gasteiger partial charge in [0, 0.05) is 18.1 Å². The number of hydrogen-bond donors (Lipinski definition) is 3. The number of benzene rings is 1. The second-order valence-electron chi connectivity index (χ2n) is 9.45. The lowest BCUT2D eigenvalue weighted by atomic mass is 9.67. The van der Waals surface area contributed by atoms with Crippen LogP contribution in [0.25, 0.3) is 10.4 Å². The van der Waals surface area contributed by atoms with Gasteiger partial charge in [0.25, 0.3) is 0 Å². The lowest BCUT2D eigenvalue weighted by molar-refractivity contribution is -0.142. The standard InChI is InChI=1S/C24H25F3N4O3S/c1-14-8-15(10-16(9-14)30-21-28-7-4-18(31-21)24(25,26)27)17-12-29-20(35-17)23(34)6-3-5-22(2,13-23)11-19(32)33/h4,7-10,12,34H,3,5-6,11,13H2,1-2H3,(H,32,33)(H,28,30,31)/t22?,23-/m0/s1. The van der Waals surface area contributed by atoms with Crippen LogP contribution in [0, 0.1) is 12.3 Å². The van der Waals surface area contributed by atoms with E-state index in [1.165, 1.54) is 11.3 Å². The zero-order valence-corrected chi connectivity index (χ0v) is 20.0. The largest absolute Gasteiger partial charge is 0.481 e. The van der Waals surface area contributed by atoms with E-state index in [9.17, 15) is 28.2 Å². The molecule has 0 saturated heterocycles. The Kier molecular flexibility index (Phi) is 6.58. The summed E-state index contributed by atoms with van der Waals surface area (Å²) in [5.41, 5.74) is -0.614. The maximum Gasteiger partial charge on any atom is 0.433 e. The van der Waals surface area contributed by atoms with E-state index in [0.717, 1.165) is 34.7 Å². The number of aliphatic hydroxyl groups is 1. The molecule has 2 heterocycles. The zero-order chi connectivity index (χ0) is 25.4. The molecule has 1 aliphatic carbocycles. The molecule has 4 rings (SSSR count). The van der Waals surface area contributed by atoms with Gasteiger partial charge in [0.1, 0.15) is 16.3 Å². The Labute approximate surface area is 204 Å². The molecular formula is C24H25F3N4O3S. The molecular weight excluding hydrogens is 481 g/mol. The number of thiazole rings is 1. The molecule has 1 aliphatic rings. The molecule has 0 aliphatic heterocycles. The van der Waals surface area contributed by atoms with Crippen molar-refractivity contribution in [2.45, 2.75) is 57.7 Å². The predicted molar refractivity (Wildman–Crippen MR) is 125 cm³/mol. The summed E-state index contributed by atoms with van der Waals surface area (Å²) in [6.07, 6.45) is 0.354. The summed E-state index contributed by atoms with van der Waals surface area (Å²) in [7, 11) is 0. The van der Waals surface area contributed by atoms with E-state index >= 15 is 0 Å². The Bertz CT molecular complexity index is 1250. The van der Waals surface area contributed by atoms with E-state index in [4.69, 9.17) is 0 Å². The molecule has 186 valence electrons. The van der Waals surface area contributed by atoms with Crippen molar-refractivity contribution in [3.05, 3.63) is 52.9 Å². The Hall–Kier alpha value is -3.05. The van der Waals surface area contributed by atoms with Crippen molar-refractivity contribution in [1.29, 1.82) is 0 Å². The Morgan fingerprint density at radius 3 is 2.71 bits per heavy atom. The van der Waals surface area contributed by atoms with E-state index in [1.807, 2.05) is 19.9 Å². The number of aromatic nitrogens is 3. The smallest absolute Gasteiger partial charge is 0.433 e. The fourth-order valence-corrected chi connectivity index (χ4v) is 5.73. The third-order valence-electron chi connectivity index (χ3n) is 6.14. The SMILES string of the molecule is Cc1cc(Nc2nccc(C(F)(F)F)n2)cc(-c2cnc([C@]3(O)CCCC(C)(CC(=O)O)C3)s2)c1. The van der Waals surface area contributed by atoms with Crippen LogP contribution in [0.3, 0.4) is 0 Å². The molecule has 7 nitrogen and oxygen atoms in total. The number of carboxylic acid groups (broad SMARTS) is 1. The average molecular weight is 507 g/mol. The molecule has 0 bridgehead atoms. The fraction of sp³-hybridized carbons (Fsp3) is 0.417. The summed E-state index contributed by atoms with van der Waals surface area (Å²) in [6.45, 7) is 3.74. The third-order valence-corrected chi connectivity index (χ3v) is 7.38. The van der Waals surface area contributed by atoms with Crippen LogP contribution < -0.4 is 5.32 Å². The minimum Gasteiger partial charge on any atom is -0.481 e. The number of anilines is 2. The maximum atomic E-state index is 13.0. The van der Waals surface area contributed by atoms with Gasteiger partial charge in [-0.2, -0.15) is 13.2 Å².